The van der Waals surface area contributed by atoms with Crippen molar-refractivity contribution < 1.29 is 9.53 Å². The van der Waals surface area contributed by atoms with Crippen LogP contribution in [-0.2, 0) is 9.53 Å². The molecule has 0 spiro atoms. The zero-order valence-corrected chi connectivity index (χ0v) is 11.3. The normalized spacial score (nSPS) is 21.8. The maximum absolute atomic E-state index is 11.7. The molecule has 4 heteroatoms. The summed E-state index contributed by atoms with van der Waals surface area (Å²) in [4.78, 5) is 11.7. The minimum absolute atomic E-state index is 0.0107. The van der Waals surface area contributed by atoms with Crippen molar-refractivity contribution in [3.63, 3.8) is 0 Å². The van der Waals surface area contributed by atoms with Gasteiger partial charge in [0.25, 0.3) is 0 Å². The lowest BCUT2D eigenvalue weighted by molar-refractivity contribution is -0.132. The van der Waals surface area contributed by atoms with Crippen LogP contribution in [-0.4, -0.2) is 38.3 Å². The van der Waals surface area contributed by atoms with Crippen LogP contribution in [0.25, 0.3) is 0 Å². The van der Waals surface area contributed by atoms with Gasteiger partial charge in [0.15, 0.2) is 0 Å². The molecule has 0 aliphatic carbocycles. The maximum atomic E-state index is 11.7. The molecule has 0 radical (unpaired) electrons. The van der Waals surface area contributed by atoms with Gasteiger partial charge in [-0.05, 0) is 38.1 Å². The van der Waals surface area contributed by atoms with E-state index in [1.807, 2.05) is 6.92 Å². The highest BCUT2D eigenvalue weighted by Crippen LogP contribution is 2.08. The van der Waals surface area contributed by atoms with Crippen molar-refractivity contribution in [3.8, 4) is 0 Å². The van der Waals surface area contributed by atoms with Crippen LogP contribution in [0.5, 0.6) is 0 Å². The molecule has 2 unspecified atom stereocenters. The van der Waals surface area contributed by atoms with E-state index < -0.39 is 0 Å². The molecule has 4 nitrogen and oxygen atoms in total. The van der Waals surface area contributed by atoms with Gasteiger partial charge < -0.3 is 15.4 Å². The predicted molar refractivity (Wildman–Crippen MR) is 68.9 cm³/mol. The molecule has 0 saturated carbocycles. The Morgan fingerprint density at radius 1 is 1.47 bits per heavy atom. The smallest absolute Gasteiger partial charge is 0.248 e. The van der Waals surface area contributed by atoms with Crippen LogP contribution in [0.1, 0.15) is 33.6 Å². The maximum Gasteiger partial charge on any atom is 0.248 e. The fourth-order valence-electron chi connectivity index (χ4n) is 1.84. The van der Waals surface area contributed by atoms with E-state index in [2.05, 4.69) is 24.5 Å². The van der Waals surface area contributed by atoms with Crippen LogP contribution >= 0.6 is 0 Å². The largest absolute Gasteiger partial charge is 0.368 e. The Hall–Kier alpha value is -0.610. The summed E-state index contributed by atoms with van der Waals surface area (Å²) in [5, 5.41) is 6.20. The second-order valence-corrected chi connectivity index (χ2v) is 5.31. The van der Waals surface area contributed by atoms with Crippen LogP contribution in [0.15, 0.2) is 0 Å². The quantitative estimate of drug-likeness (QED) is 0.704. The number of nitrogens with one attached hydrogen (secondary N) is 2. The second kappa shape index (κ2) is 7.67. The molecule has 1 saturated heterocycles. The average Bonchev–Trinajstić information content (AvgIpc) is 2.78. The van der Waals surface area contributed by atoms with Crippen LogP contribution in [0.2, 0.25) is 0 Å². The first-order valence-corrected chi connectivity index (χ1v) is 6.69. The van der Waals surface area contributed by atoms with Gasteiger partial charge in [0.2, 0.25) is 5.91 Å². The molecule has 1 aliphatic heterocycles. The first kappa shape index (κ1) is 14.5. The van der Waals surface area contributed by atoms with E-state index in [0.717, 1.165) is 32.5 Å². The number of ether oxygens (including phenoxy) is 1. The van der Waals surface area contributed by atoms with Crippen molar-refractivity contribution in [2.45, 2.75) is 39.7 Å². The Morgan fingerprint density at radius 2 is 2.24 bits per heavy atom. The summed E-state index contributed by atoms with van der Waals surface area (Å²) >= 11 is 0. The van der Waals surface area contributed by atoms with Crippen molar-refractivity contribution in [1.29, 1.82) is 0 Å². The van der Waals surface area contributed by atoms with E-state index >= 15 is 0 Å². The molecule has 1 aliphatic rings. The average molecular weight is 242 g/mol. The molecular weight excluding hydrogens is 216 g/mol. The molecule has 1 rings (SSSR count). The Balaban J connectivity index is 2.08. The third kappa shape index (κ3) is 6.03. The van der Waals surface area contributed by atoms with E-state index in [9.17, 15) is 4.79 Å². The van der Waals surface area contributed by atoms with Crippen molar-refractivity contribution >= 4 is 5.91 Å². The van der Waals surface area contributed by atoms with Gasteiger partial charge in [-0.25, -0.2) is 0 Å². The van der Waals surface area contributed by atoms with Crippen molar-refractivity contribution in [3.05, 3.63) is 0 Å². The Labute approximate surface area is 104 Å². The topological polar surface area (TPSA) is 50.4 Å². The van der Waals surface area contributed by atoms with Crippen LogP contribution in [0, 0.1) is 11.8 Å². The highest BCUT2D eigenvalue weighted by atomic mass is 16.5. The van der Waals surface area contributed by atoms with Crippen molar-refractivity contribution in [2.75, 3.05) is 26.2 Å². The molecule has 0 aromatic heterocycles. The summed E-state index contributed by atoms with van der Waals surface area (Å²) in [6, 6.07) is 0. The number of amides is 1. The highest BCUT2D eigenvalue weighted by molar-refractivity contribution is 5.80. The number of rotatable bonds is 7. The molecule has 17 heavy (non-hydrogen) atoms. The molecule has 1 amide bonds. The third-order valence-electron chi connectivity index (χ3n) is 3.13. The SMILES string of the molecule is CC(C)CCNC(=O)C(C)OCC1CCNC1. The predicted octanol–water partition coefficient (Wildman–Crippen LogP) is 1.16. The minimum Gasteiger partial charge on any atom is -0.368 e. The molecular formula is C13H26N2O2. The molecule has 0 aromatic carbocycles. The zero-order valence-electron chi connectivity index (χ0n) is 11.3. The van der Waals surface area contributed by atoms with Gasteiger partial charge in [-0.15, -0.1) is 0 Å². The zero-order chi connectivity index (χ0) is 12.7. The summed E-state index contributed by atoms with van der Waals surface area (Å²) in [7, 11) is 0. The Kier molecular flexibility index (Phi) is 6.52. The fraction of sp³-hybridized carbons (Fsp3) is 0.923. The van der Waals surface area contributed by atoms with E-state index in [4.69, 9.17) is 4.74 Å². The van der Waals surface area contributed by atoms with Gasteiger partial charge in [-0.2, -0.15) is 0 Å². The van der Waals surface area contributed by atoms with Crippen molar-refractivity contribution in [1.82, 2.24) is 10.6 Å². The molecule has 100 valence electrons. The standard InChI is InChI=1S/C13H26N2O2/c1-10(2)4-7-15-13(16)11(3)17-9-12-5-6-14-8-12/h10-12,14H,4-9H2,1-3H3,(H,15,16). The molecule has 0 bridgehead atoms. The lowest BCUT2D eigenvalue weighted by Crippen LogP contribution is -2.36. The lowest BCUT2D eigenvalue weighted by atomic mass is 10.1. The molecule has 1 heterocycles. The van der Waals surface area contributed by atoms with E-state index in [1.54, 1.807) is 0 Å². The molecule has 1 fully saturated rings. The molecule has 2 atom stereocenters. The van der Waals surface area contributed by atoms with Gasteiger partial charge in [-0.3, -0.25) is 4.79 Å². The summed E-state index contributed by atoms with van der Waals surface area (Å²) in [5.74, 6) is 1.20. The Bertz CT molecular complexity index is 225. The van der Waals surface area contributed by atoms with Crippen LogP contribution in [0.3, 0.4) is 0 Å². The monoisotopic (exact) mass is 242 g/mol. The third-order valence-corrected chi connectivity index (χ3v) is 3.13. The summed E-state index contributed by atoms with van der Waals surface area (Å²) in [5.41, 5.74) is 0. The van der Waals surface area contributed by atoms with Crippen LogP contribution in [0.4, 0.5) is 0 Å². The van der Waals surface area contributed by atoms with E-state index in [-0.39, 0.29) is 12.0 Å². The van der Waals surface area contributed by atoms with Crippen molar-refractivity contribution in [2.24, 2.45) is 11.8 Å². The number of hydrogen-bond acceptors (Lipinski definition) is 3. The second-order valence-electron chi connectivity index (χ2n) is 5.31. The molecule has 0 aromatic rings. The minimum atomic E-state index is -0.331. The fourth-order valence-corrected chi connectivity index (χ4v) is 1.84. The molecule has 2 N–H and O–H groups in total. The van der Waals surface area contributed by atoms with Gasteiger partial charge >= 0.3 is 0 Å². The first-order chi connectivity index (χ1) is 8.09. The summed E-state index contributed by atoms with van der Waals surface area (Å²) in [6.07, 6.45) is 1.84. The summed E-state index contributed by atoms with van der Waals surface area (Å²) in [6.45, 7) is 9.65. The Morgan fingerprint density at radius 3 is 2.82 bits per heavy atom. The summed E-state index contributed by atoms with van der Waals surface area (Å²) < 4.78 is 5.59. The van der Waals surface area contributed by atoms with Gasteiger partial charge in [0, 0.05) is 13.1 Å². The number of carbonyl (C=O) groups excluding carboxylic acids is 1. The van der Waals surface area contributed by atoms with E-state index in [1.165, 1.54) is 0 Å². The highest BCUT2D eigenvalue weighted by Gasteiger charge is 2.18. The van der Waals surface area contributed by atoms with Gasteiger partial charge in [-0.1, -0.05) is 13.8 Å². The lowest BCUT2D eigenvalue weighted by Gasteiger charge is -2.16. The number of hydrogen-bond donors (Lipinski definition) is 2. The van der Waals surface area contributed by atoms with Crippen LogP contribution < -0.4 is 10.6 Å². The van der Waals surface area contributed by atoms with Gasteiger partial charge in [0.05, 0.1) is 6.61 Å². The first-order valence-electron chi connectivity index (χ1n) is 6.69. The van der Waals surface area contributed by atoms with E-state index in [0.29, 0.717) is 18.4 Å². The van der Waals surface area contributed by atoms with Gasteiger partial charge in [0.1, 0.15) is 6.10 Å². The number of carbonyl (C=O) groups is 1.